The van der Waals surface area contributed by atoms with Crippen molar-refractivity contribution in [3.05, 3.63) is 83.4 Å². The largest absolute Gasteiger partial charge is 0.507 e. The highest BCUT2D eigenvalue weighted by molar-refractivity contribution is 6.02. The molecule has 2 N–H and O–H groups in total. The Balaban J connectivity index is 1.66. The van der Waals surface area contributed by atoms with Gasteiger partial charge in [0.1, 0.15) is 5.75 Å². The number of anilines is 1. The lowest BCUT2D eigenvalue weighted by molar-refractivity contribution is -0.111. The van der Waals surface area contributed by atoms with Gasteiger partial charge in [0.25, 0.3) is 0 Å². The van der Waals surface area contributed by atoms with Crippen molar-refractivity contribution in [2.75, 3.05) is 26.6 Å². The maximum absolute atomic E-state index is 12.1. The molecule has 3 rings (SSSR count). The molecule has 0 aliphatic carbocycles. The number of phenolic OH excluding ortho intramolecular Hbond substituents is 1. The number of ether oxygens (including phenoxy) is 3. The molecule has 0 radical (unpaired) electrons. The normalized spacial score (nSPS) is 11.0. The molecule has 3 aromatic carbocycles. The van der Waals surface area contributed by atoms with E-state index < -0.39 is 0 Å². The van der Waals surface area contributed by atoms with Crippen LogP contribution in [-0.4, -0.2) is 32.3 Å². The number of rotatable bonds is 8. The molecule has 164 valence electrons. The van der Waals surface area contributed by atoms with Crippen molar-refractivity contribution >= 4 is 29.8 Å². The highest BCUT2D eigenvalue weighted by Crippen LogP contribution is 2.38. The van der Waals surface area contributed by atoms with Crippen molar-refractivity contribution < 1.29 is 24.1 Å². The van der Waals surface area contributed by atoms with Crippen molar-refractivity contribution in [1.82, 2.24) is 0 Å². The minimum absolute atomic E-state index is 0.125. The molecule has 0 aliphatic heterocycles. The smallest absolute Gasteiger partial charge is 0.248 e. The Kier molecular flexibility index (Phi) is 7.54. The van der Waals surface area contributed by atoms with E-state index in [9.17, 15) is 9.90 Å². The summed E-state index contributed by atoms with van der Waals surface area (Å²) < 4.78 is 16.1. The van der Waals surface area contributed by atoms with Crippen molar-refractivity contribution in [1.29, 1.82) is 0 Å². The van der Waals surface area contributed by atoms with Crippen LogP contribution in [0.4, 0.5) is 5.69 Å². The summed E-state index contributed by atoms with van der Waals surface area (Å²) in [7, 11) is 4.72. The molecule has 0 spiro atoms. The number of para-hydroxylation sites is 1. The van der Waals surface area contributed by atoms with Crippen molar-refractivity contribution in [2.24, 2.45) is 0 Å². The molecular formula is C26H25NO5. The molecule has 6 heteroatoms. The third-order valence-electron chi connectivity index (χ3n) is 4.68. The Morgan fingerprint density at radius 3 is 2.03 bits per heavy atom. The SMILES string of the molecule is COc1cc(C=Cc2ccc(NC(=O)/C=C/c3ccccc3O)cc2)cc(OC)c1OC. The number of carbonyl (C=O) groups excluding carboxylic acids is 1. The molecule has 32 heavy (non-hydrogen) atoms. The zero-order valence-corrected chi connectivity index (χ0v) is 18.2. The van der Waals surface area contributed by atoms with Crippen molar-refractivity contribution in [3.8, 4) is 23.0 Å². The zero-order chi connectivity index (χ0) is 22.9. The molecule has 0 heterocycles. The lowest BCUT2D eigenvalue weighted by Gasteiger charge is -2.12. The van der Waals surface area contributed by atoms with Crippen LogP contribution in [0.2, 0.25) is 0 Å². The zero-order valence-electron chi connectivity index (χ0n) is 18.2. The highest BCUT2D eigenvalue weighted by atomic mass is 16.5. The molecular weight excluding hydrogens is 406 g/mol. The predicted octanol–water partition coefficient (Wildman–Crippen LogP) is 5.24. The first-order chi connectivity index (χ1) is 15.5. The maximum atomic E-state index is 12.1. The third-order valence-corrected chi connectivity index (χ3v) is 4.68. The topological polar surface area (TPSA) is 77.0 Å². The number of nitrogens with one attached hydrogen (secondary N) is 1. The molecule has 0 bridgehead atoms. The van der Waals surface area contributed by atoms with Gasteiger partial charge < -0.3 is 24.6 Å². The Morgan fingerprint density at radius 1 is 0.812 bits per heavy atom. The van der Waals surface area contributed by atoms with Crippen LogP contribution in [0.25, 0.3) is 18.2 Å². The van der Waals surface area contributed by atoms with E-state index in [0.717, 1.165) is 11.1 Å². The fourth-order valence-corrected chi connectivity index (χ4v) is 3.05. The van der Waals surface area contributed by atoms with E-state index >= 15 is 0 Å². The standard InChI is InChI=1S/C26H25NO5/c1-30-23-16-19(17-24(31-2)26(23)32-3)9-8-18-10-13-21(14-11-18)27-25(29)15-12-20-6-4-5-7-22(20)28/h4-17,28H,1-3H3,(H,27,29)/b9-8?,15-12+. The molecule has 0 aromatic heterocycles. The third kappa shape index (κ3) is 5.70. The fraction of sp³-hybridized carbons (Fsp3) is 0.115. The van der Waals surface area contributed by atoms with Crippen LogP contribution in [0.3, 0.4) is 0 Å². The first-order valence-electron chi connectivity index (χ1n) is 9.89. The second kappa shape index (κ2) is 10.7. The molecule has 0 saturated carbocycles. The number of aromatic hydroxyl groups is 1. The van der Waals surface area contributed by atoms with Gasteiger partial charge in [-0.25, -0.2) is 0 Å². The lowest BCUT2D eigenvalue weighted by atomic mass is 10.1. The molecule has 0 aliphatic rings. The summed E-state index contributed by atoms with van der Waals surface area (Å²) in [5.41, 5.74) is 3.10. The minimum atomic E-state index is -0.283. The van der Waals surface area contributed by atoms with E-state index in [0.29, 0.717) is 28.5 Å². The van der Waals surface area contributed by atoms with Gasteiger partial charge in [0.2, 0.25) is 11.7 Å². The number of amides is 1. The Hall–Kier alpha value is -4.19. The Bertz CT molecular complexity index is 1110. The van der Waals surface area contributed by atoms with Gasteiger partial charge in [0.15, 0.2) is 11.5 Å². The lowest BCUT2D eigenvalue weighted by Crippen LogP contribution is -2.07. The molecule has 0 unspecified atom stereocenters. The van der Waals surface area contributed by atoms with Gasteiger partial charge in [-0.3, -0.25) is 4.79 Å². The van der Waals surface area contributed by atoms with Crippen LogP contribution in [-0.2, 0) is 4.79 Å². The summed E-state index contributed by atoms with van der Waals surface area (Å²) in [6.07, 6.45) is 6.84. The van der Waals surface area contributed by atoms with Gasteiger partial charge >= 0.3 is 0 Å². The number of hydrogen-bond donors (Lipinski definition) is 2. The van der Waals surface area contributed by atoms with Crippen LogP contribution in [0, 0.1) is 0 Å². The molecule has 0 saturated heterocycles. The number of methoxy groups -OCH3 is 3. The van der Waals surface area contributed by atoms with E-state index in [4.69, 9.17) is 14.2 Å². The van der Waals surface area contributed by atoms with E-state index in [1.165, 1.54) is 6.08 Å². The van der Waals surface area contributed by atoms with E-state index in [1.54, 1.807) is 51.7 Å². The number of carbonyl (C=O) groups is 1. The number of phenols is 1. The van der Waals surface area contributed by atoms with Gasteiger partial charge in [-0.15, -0.1) is 0 Å². The molecule has 1 amide bonds. The fourth-order valence-electron chi connectivity index (χ4n) is 3.05. The van der Waals surface area contributed by atoms with E-state index in [1.807, 2.05) is 48.6 Å². The summed E-state index contributed by atoms with van der Waals surface area (Å²) in [5, 5.41) is 12.5. The van der Waals surface area contributed by atoms with E-state index in [-0.39, 0.29) is 11.7 Å². The maximum Gasteiger partial charge on any atom is 0.248 e. The Morgan fingerprint density at radius 2 is 1.44 bits per heavy atom. The first kappa shape index (κ1) is 22.5. The molecule has 0 fully saturated rings. The quantitative estimate of drug-likeness (QED) is 0.377. The average molecular weight is 431 g/mol. The second-order valence-corrected chi connectivity index (χ2v) is 6.80. The van der Waals surface area contributed by atoms with Gasteiger partial charge in [0.05, 0.1) is 21.3 Å². The summed E-state index contributed by atoms with van der Waals surface area (Å²) in [6, 6.07) is 18.0. The molecule has 0 atom stereocenters. The van der Waals surface area contributed by atoms with Crippen LogP contribution >= 0.6 is 0 Å². The summed E-state index contributed by atoms with van der Waals surface area (Å²) >= 11 is 0. The first-order valence-corrected chi connectivity index (χ1v) is 9.89. The van der Waals surface area contributed by atoms with Crippen LogP contribution in [0.5, 0.6) is 23.0 Å². The number of benzene rings is 3. The van der Waals surface area contributed by atoms with Crippen LogP contribution in [0.1, 0.15) is 16.7 Å². The molecule has 3 aromatic rings. The minimum Gasteiger partial charge on any atom is -0.507 e. The van der Waals surface area contributed by atoms with Crippen molar-refractivity contribution in [2.45, 2.75) is 0 Å². The van der Waals surface area contributed by atoms with E-state index in [2.05, 4.69) is 5.32 Å². The monoisotopic (exact) mass is 431 g/mol. The van der Waals surface area contributed by atoms with Crippen LogP contribution < -0.4 is 19.5 Å². The van der Waals surface area contributed by atoms with Gasteiger partial charge in [-0.2, -0.15) is 0 Å². The highest BCUT2D eigenvalue weighted by Gasteiger charge is 2.12. The average Bonchev–Trinajstić information content (AvgIpc) is 2.82. The van der Waals surface area contributed by atoms with Crippen molar-refractivity contribution in [3.63, 3.8) is 0 Å². The summed E-state index contributed by atoms with van der Waals surface area (Å²) in [4.78, 5) is 12.1. The van der Waals surface area contributed by atoms with Gasteiger partial charge in [0, 0.05) is 17.3 Å². The predicted molar refractivity (Wildman–Crippen MR) is 127 cm³/mol. The van der Waals surface area contributed by atoms with Crippen LogP contribution in [0.15, 0.2) is 66.7 Å². The summed E-state index contributed by atoms with van der Waals surface area (Å²) in [6.45, 7) is 0. The Labute approximate surface area is 187 Å². The molecule has 6 nitrogen and oxygen atoms in total. The van der Waals surface area contributed by atoms with Gasteiger partial charge in [-0.1, -0.05) is 42.5 Å². The summed E-state index contributed by atoms with van der Waals surface area (Å²) in [5.74, 6) is 1.56. The number of hydrogen-bond acceptors (Lipinski definition) is 5. The van der Waals surface area contributed by atoms with Gasteiger partial charge in [-0.05, 0) is 47.5 Å². The second-order valence-electron chi connectivity index (χ2n) is 6.80.